The van der Waals surface area contributed by atoms with E-state index >= 15 is 0 Å². The molecule has 0 aliphatic carbocycles. The molecule has 0 atom stereocenters. The smallest absolute Gasteiger partial charge is 0.343 e. The molecule has 9 nitrogen and oxygen atoms in total. The molecular weight excluding hydrogens is 362 g/mol. The molecule has 2 aromatic carbocycles. The fourth-order valence-electron chi connectivity index (χ4n) is 2.94. The highest BCUT2D eigenvalue weighted by molar-refractivity contribution is 6.02. The Morgan fingerprint density at radius 1 is 1.11 bits per heavy atom. The number of carbonyl (C=O) groups is 3. The minimum Gasteiger partial charge on any atom is -0.486 e. The highest BCUT2D eigenvalue weighted by Crippen LogP contribution is 2.18. The van der Waals surface area contributed by atoms with E-state index < -0.39 is 17.8 Å². The maximum Gasteiger partial charge on any atom is 0.343 e. The van der Waals surface area contributed by atoms with Crippen LogP contribution in [0.15, 0.2) is 54.6 Å². The van der Waals surface area contributed by atoms with Gasteiger partial charge in [0.1, 0.15) is 31.3 Å². The molecule has 1 aromatic heterocycles. The number of imide groups is 1. The Morgan fingerprint density at radius 2 is 1.86 bits per heavy atom. The Labute approximate surface area is 159 Å². The number of aromatic nitrogens is 2. The van der Waals surface area contributed by atoms with E-state index in [4.69, 9.17) is 4.74 Å². The molecule has 0 unspecified atom stereocenters. The van der Waals surface area contributed by atoms with Crippen molar-refractivity contribution in [2.45, 2.75) is 13.2 Å². The number of benzene rings is 2. The summed E-state index contributed by atoms with van der Waals surface area (Å²) in [6.07, 6.45) is 0. The van der Waals surface area contributed by atoms with E-state index in [1.807, 2.05) is 54.6 Å². The van der Waals surface area contributed by atoms with Gasteiger partial charge in [-0.05, 0) is 24.3 Å². The Balaban J connectivity index is 1.53. The van der Waals surface area contributed by atoms with E-state index in [1.54, 1.807) is 4.57 Å². The number of hydrogen-bond acceptors (Lipinski definition) is 5. The van der Waals surface area contributed by atoms with Gasteiger partial charge >= 0.3 is 6.03 Å². The van der Waals surface area contributed by atoms with E-state index in [0.717, 1.165) is 16.0 Å². The van der Waals surface area contributed by atoms with Gasteiger partial charge in [0.2, 0.25) is 5.91 Å². The molecule has 1 aliphatic heterocycles. The Bertz CT molecular complexity index is 1050. The molecule has 28 heavy (non-hydrogen) atoms. The SMILES string of the molecule is O=C1CN(NC(=O)Cn2c(COc3ccccc3)nc3ccccc32)C(=O)N1. The van der Waals surface area contributed by atoms with Crippen molar-refractivity contribution < 1.29 is 19.1 Å². The summed E-state index contributed by atoms with van der Waals surface area (Å²) in [7, 11) is 0. The highest BCUT2D eigenvalue weighted by atomic mass is 16.5. The Morgan fingerprint density at radius 3 is 2.61 bits per heavy atom. The molecular formula is C19H17N5O4. The largest absolute Gasteiger partial charge is 0.486 e. The number of urea groups is 1. The van der Waals surface area contributed by atoms with Crippen LogP contribution in [0.3, 0.4) is 0 Å². The summed E-state index contributed by atoms with van der Waals surface area (Å²) >= 11 is 0. The van der Waals surface area contributed by atoms with Crippen molar-refractivity contribution in [3.05, 3.63) is 60.4 Å². The lowest BCUT2D eigenvalue weighted by atomic mass is 10.3. The fourth-order valence-corrected chi connectivity index (χ4v) is 2.94. The number of carbonyl (C=O) groups excluding carboxylic acids is 3. The molecule has 3 aromatic rings. The quantitative estimate of drug-likeness (QED) is 0.626. The van der Waals surface area contributed by atoms with Crippen LogP contribution >= 0.6 is 0 Å². The lowest BCUT2D eigenvalue weighted by molar-refractivity contribution is -0.125. The van der Waals surface area contributed by atoms with Crippen molar-refractivity contribution in [3.8, 4) is 5.75 Å². The summed E-state index contributed by atoms with van der Waals surface area (Å²) in [6.45, 7) is -0.111. The molecule has 0 bridgehead atoms. The first-order chi connectivity index (χ1) is 13.6. The van der Waals surface area contributed by atoms with Crippen molar-refractivity contribution in [1.29, 1.82) is 0 Å². The average Bonchev–Trinajstić information content (AvgIpc) is 3.20. The third-order valence-corrected chi connectivity index (χ3v) is 4.20. The maximum absolute atomic E-state index is 12.5. The summed E-state index contributed by atoms with van der Waals surface area (Å²) in [5.74, 6) is 0.351. The van der Waals surface area contributed by atoms with Crippen molar-refractivity contribution in [3.63, 3.8) is 0 Å². The number of hydrogen-bond donors (Lipinski definition) is 2. The molecule has 0 saturated carbocycles. The van der Waals surface area contributed by atoms with Crippen molar-refractivity contribution in [2.24, 2.45) is 0 Å². The Hall–Kier alpha value is -3.88. The van der Waals surface area contributed by atoms with Gasteiger partial charge in [0.05, 0.1) is 11.0 Å². The summed E-state index contributed by atoms with van der Waals surface area (Å²) in [4.78, 5) is 39.9. The minimum absolute atomic E-state index is 0.0774. The van der Waals surface area contributed by atoms with Crippen molar-refractivity contribution >= 4 is 28.9 Å². The van der Waals surface area contributed by atoms with Gasteiger partial charge in [-0.25, -0.2) is 14.8 Å². The van der Waals surface area contributed by atoms with E-state index in [0.29, 0.717) is 11.6 Å². The van der Waals surface area contributed by atoms with Gasteiger partial charge in [0, 0.05) is 0 Å². The van der Waals surface area contributed by atoms with Gasteiger partial charge in [-0.15, -0.1) is 0 Å². The van der Waals surface area contributed by atoms with Crippen LogP contribution in [0.25, 0.3) is 11.0 Å². The second-order valence-electron chi connectivity index (χ2n) is 6.18. The van der Waals surface area contributed by atoms with Crippen molar-refractivity contribution in [2.75, 3.05) is 6.54 Å². The third-order valence-electron chi connectivity index (χ3n) is 4.20. The molecule has 9 heteroatoms. The first kappa shape index (κ1) is 17.5. The molecule has 0 radical (unpaired) electrons. The number of nitrogens with zero attached hydrogens (tertiary/aromatic N) is 3. The van der Waals surface area contributed by atoms with E-state index in [9.17, 15) is 14.4 Å². The molecule has 142 valence electrons. The van der Waals surface area contributed by atoms with Crippen LogP contribution in [0.5, 0.6) is 5.75 Å². The van der Waals surface area contributed by atoms with Crippen LogP contribution < -0.4 is 15.5 Å². The normalized spacial score (nSPS) is 13.6. The predicted molar refractivity (Wildman–Crippen MR) is 98.9 cm³/mol. The predicted octanol–water partition coefficient (Wildman–Crippen LogP) is 1.20. The molecule has 2 N–H and O–H groups in total. The summed E-state index contributed by atoms with van der Waals surface area (Å²) in [5.41, 5.74) is 3.94. The standard InChI is InChI=1S/C19H17N5O4/c25-17-11-24(19(27)21-17)22-18(26)10-23-15-9-5-4-8-14(15)20-16(23)12-28-13-6-2-1-3-7-13/h1-9H,10-12H2,(H,22,26)(H,21,25,27). The number of rotatable bonds is 6. The monoisotopic (exact) mass is 379 g/mol. The maximum atomic E-state index is 12.5. The number of imidazole rings is 1. The lowest BCUT2D eigenvalue weighted by Crippen LogP contribution is -2.45. The first-order valence-corrected chi connectivity index (χ1v) is 8.63. The molecule has 1 aliphatic rings. The second-order valence-corrected chi connectivity index (χ2v) is 6.18. The number of amides is 4. The highest BCUT2D eigenvalue weighted by Gasteiger charge is 2.28. The third kappa shape index (κ3) is 3.63. The number of ether oxygens (including phenoxy) is 1. The van der Waals surface area contributed by atoms with E-state index in [-0.39, 0.29) is 19.7 Å². The fraction of sp³-hybridized carbons (Fsp3) is 0.158. The van der Waals surface area contributed by atoms with Gasteiger partial charge in [0.25, 0.3) is 5.91 Å². The van der Waals surface area contributed by atoms with Gasteiger partial charge in [-0.1, -0.05) is 30.3 Å². The van der Waals surface area contributed by atoms with E-state index in [1.165, 1.54) is 0 Å². The summed E-state index contributed by atoms with van der Waals surface area (Å²) in [6, 6.07) is 16.1. The zero-order valence-electron chi connectivity index (χ0n) is 14.8. The number of fused-ring (bicyclic) bond motifs is 1. The zero-order valence-corrected chi connectivity index (χ0v) is 14.8. The van der Waals surface area contributed by atoms with Crippen LogP contribution in [0.2, 0.25) is 0 Å². The second kappa shape index (κ2) is 7.39. The number of para-hydroxylation sites is 3. The van der Waals surface area contributed by atoms with Crippen LogP contribution in [-0.2, 0) is 22.7 Å². The molecule has 4 rings (SSSR count). The number of nitrogens with one attached hydrogen (secondary N) is 2. The van der Waals surface area contributed by atoms with Gasteiger partial charge in [-0.2, -0.15) is 0 Å². The zero-order chi connectivity index (χ0) is 19.5. The van der Waals surface area contributed by atoms with E-state index in [2.05, 4.69) is 15.7 Å². The van der Waals surface area contributed by atoms with Crippen LogP contribution in [0, 0.1) is 0 Å². The molecule has 1 fully saturated rings. The molecule has 2 heterocycles. The molecule has 4 amide bonds. The summed E-state index contributed by atoms with van der Waals surface area (Å²) < 4.78 is 7.50. The van der Waals surface area contributed by atoms with Crippen molar-refractivity contribution in [1.82, 2.24) is 25.3 Å². The topological polar surface area (TPSA) is 106 Å². The molecule has 0 spiro atoms. The van der Waals surface area contributed by atoms with Crippen LogP contribution in [0.1, 0.15) is 5.82 Å². The minimum atomic E-state index is -0.651. The Kier molecular flexibility index (Phi) is 4.63. The van der Waals surface area contributed by atoms with Gasteiger partial charge in [0.15, 0.2) is 0 Å². The summed E-state index contributed by atoms with van der Waals surface area (Å²) in [5, 5.41) is 3.05. The lowest BCUT2D eigenvalue weighted by Gasteiger charge is -2.16. The van der Waals surface area contributed by atoms with Gasteiger partial charge < -0.3 is 9.30 Å². The van der Waals surface area contributed by atoms with Crippen LogP contribution in [0.4, 0.5) is 4.79 Å². The molecule has 1 saturated heterocycles. The van der Waals surface area contributed by atoms with Gasteiger partial charge in [-0.3, -0.25) is 20.3 Å². The first-order valence-electron chi connectivity index (χ1n) is 8.63. The number of hydrazine groups is 1. The van der Waals surface area contributed by atoms with Crippen LogP contribution in [-0.4, -0.2) is 39.0 Å². The average molecular weight is 379 g/mol.